The smallest absolute Gasteiger partial charge is 0.128 e. The number of hydrogen-bond donors (Lipinski definition) is 1. The summed E-state index contributed by atoms with van der Waals surface area (Å²) in [5, 5.41) is 3.22. The van der Waals surface area contributed by atoms with Gasteiger partial charge in [0, 0.05) is 25.8 Å². The number of pyridine rings is 1. The Balaban J connectivity index is 2.10. The molecule has 0 amide bonds. The molecule has 0 saturated heterocycles. The van der Waals surface area contributed by atoms with Crippen molar-refractivity contribution in [3.63, 3.8) is 0 Å². The first-order valence-electron chi connectivity index (χ1n) is 7.08. The molecule has 0 bridgehead atoms. The van der Waals surface area contributed by atoms with Gasteiger partial charge in [0.1, 0.15) is 5.82 Å². The van der Waals surface area contributed by atoms with Crippen molar-refractivity contribution >= 4 is 5.82 Å². The molecular weight excluding hydrogens is 222 g/mol. The largest absolute Gasteiger partial charge is 0.359 e. The third kappa shape index (κ3) is 3.22. The number of nitrogens with zero attached hydrogens (tertiary/aromatic N) is 2. The molecule has 1 aliphatic carbocycles. The first kappa shape index (κ1) is 13.3. The molecule has 1 N–H and O–H groups in total. The van der Waals surface area contributed by atoms with E-state index in [1.807, 2.05) is 7.05 Å². The van der Waals surface area contributed by atoms with Gasteiger partial charge in [0.2, 0.25) is 0 Å². The van der Waals surface area contributed by atoms with Gasteiger partial charge in [-0.25, -0.2) is 4.98 Å². The summed E-state index contributed by atoms with van der Waals surface area (Å²) in [6.45, 7) is 4.24. The Kier molecular flexibility index (Phi) is 4.59. The first-order valence-corrected chi connectivity index (χ1v) is 7.08. The summed E-state index contributed by atoms with van der Waals surface area (Å²) in [4.78, 5) is 7.07. The Bertz CT molecular complexity index is 385. The average molecular weight is 247 g/mol. The van der Waals surface area contributed by atoms with Crippen molar-refractivity contribution in [1.29, 1.82) is 0 Å². The van der Waals surface area contributed by atoms with Crippen LogP contribution in [0.4, 0.5) is 5.82 Å². The van der Waals surface area contributed by atoms with Crippen molar-refractivity contribution in [3.05, 3.63) is 23.4 Å². The van der Waals surface area contributed by atoms with Crippen molar-refractivity contribution in [3.8, 4) is 0 Å². The van der Waals surface area contributed by atoms with Crippen LogP contribution in [0.25, 0.3) is 0 Å². The summed E-state index contributed by atoms with van der Waals surface area (Å²) >= 11 is 0. The maximum Gasteiger partial charge on any atom is 0.128 e. The zero-order valence-corrected chi connectivity index (χ0v) is 11.9. The molecular formula is C15H25N3. The van der Waals surface area contributed by atoms with Crippen LogP contribution < -0.4 is 10.2 Å². The summed E-state index contributed by atoms with van der Waals surface area (Å²) in [6, 6.07) is 4.42. The van der Waals surface area contributed by atoms with Crippen molar-refractivity contribution in [2.24, 2.45) is 5.92 Å². The van der Waals surface area contributed by atoms with Gasteiger partial charge in [-0.1, -0.05) is 13.3 Å². The zero-order valence-electron chi connectivity index (χ0n) is 11.9. The lowest BCUT2D eigenvalue weighted by molar-refractivity contribution is 0.321. The molecule has 1 aromatic rings. The molecule has 1 heterocycles. The molecule has 0 aliphatic heterocycles. The van der Waals surface area contributed by atoms with E-state index in [0.29, 0.717) is 0 Å². The molecule has 1 fully saturated rings. The molecule has 3 heteroatoms. The lowest BCUT2D eigenvalue weighted by Crippen LogP contribution is -2.30. The van der Waals surface area contributed by atoms with Crippen LogP contribution in [0.5, 0.6) is 0 Å². The predicted octanol–water partition coefficient (Wildman–Crippen LogP) is 2.60. The third-order valence-electron chi connectivity index (χ3n) is 3.82. The van der Waals surface area contributed by atoms with Crippen molar-refractivity contribution < 1.29 is 0 Å². The van der Waals surface area contributed by atoms with E-state index in [2.05, 4.69) is 36.3 Å². The lowest BCUT2D eigenvalue weighted by Gasteiger charge is -2.31. The Labute approximate surface area is 111 Å². The van der Waals surface area contributed by atoms with Gasteiger partial charge in [-0.15, -0.1) is 0 Å². The van der Waals surface area contributed by atoms with Crippen LogP contribution in [0.2, 0.25) is 0 Å². The second-order valence-corrected chi connectivity index (χ2v) is 5.39. The lowest BCUT2D eigenvalue weighted by atomic mass is 9.85. The Hall–Kier alpha value is -1.09. The van der Waals surface area contributed by atoms with Crippen LogP contribution in [0, 0.1) is 5.92 Å². The monoisotopic (exact) mass is 247 g/mol. The number of hydrogen-bond acceptors (Lipinski definition) is 3. The van der Waals surface area contributed by atoms with Crippen molar-refractivity contribution in [1.82, 2.24) is 10.3 Å². The highest BCUT2D eigenvalue weighted by Gasteiger charge is 2.19. The molecule has 1 aromatic heterocycles. The number of anilines is 1. The minimum atomic E-state index is 0.884. The van der Waals surface area contributed by atoms with E-state index in [-0.39, 0.29) is 0 Å². The van der Waals surface area contributed by atoms with Crippen LogP contribution in [-0.2, 0) is 13.0 Å². The highest BCUT2D eigenvalue weighted by atomic mass is 15.2. The van der Waals surface area contributed by atoms with E-state index in [9.17, 15) is 0 Å². The number of aryl methyl sites for hydroxylation is 1. The SMILES string of the molecule is CCc1cc(CNC)cc(N(C)CC2CCC2)n1. The highest BCUT2D eigenvalue weighted by molar-refractivity contribution is 5.42. The molecule has 2 rings (SSSR count). The molecule has 0 aromatic carbocycles. The van der Waals surface area contributed by atoms with E-state index < -0.39 is 0 Å². The van der Waals surface area contributed by atoms with Crippen molar-refractivity contribution in [2.45, 2.75) is 39.2 Å². The fourth-order valence-electron chi connectivity index (χ4n) is 2.47. The van der Waals surface area contributed by atoms with E-state index in [1.54, 1.807) is 0 Å². The predicted molar refractivity (Wildman–Crippen MR) is 77.0 cm³/mol. The van der Waals surface area contributed by atoms with Crippen LogP contribution in [-0.4, -0.2) is 25.6 Å². The normalized spacial score (nSPS) is 15.5. The second-order valence-electron chi connectivity index (χ2n) is 5.39. The molecule has 0 atom stereocenters. The minimum absolute atomic E-state index is 0.884. The Morgan fingerprint density at radius 1 is 1.39 bits per heavy atom. The van der Waals surface area contributed by atoms with Gasteiger partial charge in [0.05, 0.1) is 0 Å². The summed E-state index contributed by atoms with van der Waals surface area (Å²) in [7, 11) is 4.16. The van der Waals surface area contributed by atoms with Gasteiger partial charge < -0.3 is 10.2 Å². The van der Waals surface area contributed by atoms with Gasteiger partial charge in [-0.3, -0.25) is 0 Å². The third-order valence-corrected chi connectivity index (χ3v) is 3.82. The van der Waals surface area contributed by atoms with E-state index >= 15 is 0 Å². The molecule has 0 radical (unpaired) electrons. The molecule has 1 saturated carbocycles. The minimum Gasteiger partial charge on any atom is -0.359 e. The second kappa shape index (κ2) is 6.19. The topological polar surface area (TPSA) is 28.2 Å². The quantitative estimate of drug-likeness (QED) is 0.837. The van der Waals surface area contributed by atoms with E-state index in [4.69, 9.17) is 4.98 Å². The molecule has 0 unspecified atom stereocenters. The van der Waals surface area contributed by atoms with E-state index in [0.717, 1.165) is 31.2 Å². The maximum absolute atomic E-state index is 4.74. The number of rotatable bonds is 6. The van der Waals surface area contributed by atoms with Gasteiger partial charge in [-0.2, -0.15) is 0 Å². The van der Waals surface area contributed by atoms with Crippen LogP contribution in [0.15, 0.2) is 12.1 Å². The number of nitrogens with one attached hydrogen (secondary N) is 1. The zero-order chi connectivity index (χ0) is 13.0. The summed E-state index contributed by atoms with van der Waals surface area (Å²) in [5.74, 6) is 2.02. The van der Waals surface area contributed by atoms with Crippen LogP contribution in [0.1, 0.15) is 37.4 Å². The van der Waals surface area contributed by atoms with Gasteiger partial charge >= 0.3 is 0 Å². The molecule has 3 nitrogen and oxygen atoms in total. The standard InChI is InChI=1S/C15H25N3/c1-4-14-8-13(10-16-2)9-15(17-14)18(3)11-12-6-5-7-12/h8-9,12,16H,4-7,10-11H2,1-3H3. The fourth-order valence-corrected chi connectivity index (χ4v) is 2.47. The molecule has 100 valence electrons. The first-order chi connectivity index (χ1) is 8.72. The molecule has 0 spiro atoms. The van der Waals surface area contributed by atoms with Gasteiger partial charge in [0.15, 0.2) is 0 Å². The van der Waals surface area contributed by atoms with E-state index in [1.165, 1.54) is 30.5 Å². The summed E-state index contributed by atoms with van der Waals surface area (Å²) in [5.41, 5.74) is 2.53. The highest BCUT2D eigenvalue weighted by Crippen LogP contribution is 2.28. The molecule has 18 heavy (non-hydrogen) atoms. The van der Waals surface area contributed by atoms with Gasteiger partial charge in [-0.05, 0) is 49.9 Å². The number of aromatic nitrogens is 1. The van der Waals surface area contributed by atoms with Crippen LogP contribution in [0.3, 0.4) is 0 Å². The maximum atomic E-state index is 4.74. The molecule has 1 aliphatic rings. The Morgan fingerprint density at radius 3 is 2.72 bits per heavy atom. The van der Waals surface area contributed by atoms with Gasteiger partial charge in [0.25, 0.3) is 0 Å². The van der Waals surface area contributed by atoms with Crippen molar-refractivity contribution in [2.75, 3.05) is 25.5 Å². The van der Waals surface area contributed by atoms with Crippen LogP contribution >= 0.6 is 0 Å². The summed E-state index contributed by atoms with van der Waals surface area (Å²) in [6.07, 6.45) is 5.19. The fraction of sp³-hybridized carbons (Fsp3) is 0.667. The average Bonchev–Trinajstić information content (AvgIpc) is 2.33. The summed E-state index contributed by atoms with van der Waals surface area (Å²) < 4.78 is 0. The Morgan fingerprint density at radius 2 is 2.17 bits per heavy atom.